The molecule has 0 saturated carbocycles. The summed E-state index contributed by atoms with van der Waals surface area (Å²) in [5.41, 5.74) is 0. The highest BCUT2D eigenvalue weighted by Gasteiger charge is 2.19. The Kier molecular flexibility index (Phi) is 52.3. The van der Waals surface area contributed by atoms with Gasteiger partial charge in [0.25, 0.3) is 0 Å². The summed E-state index contributed by atoms with van der Waals surface area (Å²) in [6.45, 7) is 6.52. The molecule has 1 atom stereocenters. The largest absolute Gasteiger partial charge is 0.462 e. The SMILES string of the molecule is CC/C=C\C/C=C\C/C=C\C/C=C\CCCCCC(=O)OCC(COC(=O)CCCCCCCCCCCCCCCCCC)OC(=O)CCCCCCC/C=C\CCCCCCCCC. The smallest absolute Gasteiger partial charge is 0.306 e. The Morgan fingerprint density at radius 1 is 0.318 bits per heavy atom. The van der Waals surface area contributed by atoms with Crippen molar-refractivity contribution in [3.8, 4) is 0 Å². The van der Waals surface area contributed by atoms with Gasteiger partial charge in [-0.2, -0.15) is 0 Å². The number of esters is 3. The van der Waals surface area contributed by atoms with Gasteiger partial charge < -0.3 is 14.2 Å². The van der Waals surface area contributed by atoms with E-state index in [4.69, 9.17) is 14.2 Å². The van der Waals surface area contributed by atoms with E-state index in [1.165, 1.54) is 141 Å². The van der Waals surface area contributed by atoms with Crippen LogP contribution in [0.15, 0.2) is 60.8 Å². The molecule has 0 bridgehead atoms. The van der Waals surface area contributed by atoms with Crippen molar-refractivity contribution < 1.29 is 28.6 Å². The van der Waals surface area contributed by atoms with Gasteiger partial charge in [0.05, 0.1) is 0 Å². The fourth-order valence-electron chi connectivity index (χ4n) is 8.02. The molecule has 66 heavy (non-hydrogen) atoms. The Morgan fingerprint density at radius 2 is 0.591 bits per heavy atom. The van der Waals surface area contributed by atoms with Crippen molar-refractivity contribution in [2.45, 2.75) is 290 Å². The van der Waals surface area contributed by atoms with Gasteiger partial charge in [-0.15, -0.1) is 0 Å². The third-order valence-corrected chi connectivity index (χ3v) is 12.3. The van der Waals surface area contributed by atoms with Crippen LogP contribution in [-0.2, 0) is 28.6 Å². The molecule has 6 heteroatoms. The second kappa shape index (κ2) is 54.7. The Labute approximate surface area is 409 Å². The van der Waals surface area contributed by atoms with Crippen LogP contribution in [0.3, 0.4) is 0 Å². The number of carbonyl (C=O) groups is 3. The van der Waals surface area contributed by atoms with E-state index < -0.39 is 6.10 Å². The minimum atomic E-state index is -0.790. The average molecular weight is 924 g/mol. The molecule has 0 aliphatic heterocycles. The number of hydrogen-bond donors (Lipinski definition) is 0. The quantitative estimate of drug-likeness (QED) is 0.0262. The first-order valence-electron chi connectivity index (χ1n) is 28.3. The molecule has 0 aliphatic carbocycles. The number of rotatable bonds is 51. The minimum absolute atomic E-state index is 0.0853. The topological polar surface area (TPSA) is 78.9 Å². The van der Waals surface area contributed by atoms with Crippen molar-refractivity contribution in [1.82, 2.24) is 0 Å². The van der Waals surface area contributed by atoms with Gasteiger partial charge in [-0.1, -0.05) is 242 Å². The molecule has 0 aromatic rings. The molecule has 0 heterocycles. The summed E-state index contributed by atoms with van der Waals surface area (Å²) in [4.78, 5) is 38.1. The normalized spacial score (nSPS) is 12.5. The summed E-state index contributed by atoms with van der Waals surface area (Å²) in [7, 11) is 0. The standard InChI is InChI=1S/C60H106O6/c1-4-7-10-13-16-19-22-25-28-31-34-37-40-43-46-49-52-58(61)64-55-57(66-60(63)54-51-48-45-42-39-36-33-30-27-24-21-18-15-12-9-6-3)56-65-59(62)53-50-47-44-41-38-35-32-29-26-23-20-17-14-11-8-5-2/h7,10,16,19,25,28,30,33-34,37,57H,4-6,8-9,11-15,17-18,20-24,26-27,29,31-32,35-36,38-56H2,1-3H3/b10-7-,19-16-,28-25-,33-30-,37-34-. The van der Waals surface area contributed by atoms with Crippen LogP contribution in [0.1, 0.15) is 284 Å². The number of ether oxygens (including phenoxy) is 3. The summed E-state index contributed by atoms with van der Waals surface area (Å²) < 4.78 is 16.8. The zero-order valence-corrected chi connectivity index (χ0v) is 43.7. The molecule has 0 aromatic heterocycles. The fraction of sp³-hybridized carbons (Fsp3) is 0.783. The third kappa shape index (κ3) is 52.1. The lowest BCUT2D eigenvalue weighted by Crippen LogP contribution is -2.30. The van der Waals surface area contributed by atoms with E-state index in [1.807, 2.05) is 0 Å². The number of unbranched alkanes of at least 4 members (excludes halogenated alkanes) is 30. The van der Waals surface area contributed by atoms with Crippen LogP contribution < -0.4 is 0 Å². The van der Waals surface area contributed by atoms with E-state index in [0.29, 0.717) is 19.3 Å². The van der Waals surface area contributed by atoms with E-state index in [-0.39, 0.29) is 31.1 Å². The maximum atomic E-state index is 12.8. The Bertz CT molecular complexity index is 1200. The van der Waals surface area contributed by atoms with E-state index in [2.05, 4.69) is 81.5 Å². The van der Waals surface area contributed by atoms with E-state index in [9.17, 15) is 14.4 Å². The predicted octanol–water partition coefficient (Wildman–Crippen LogP) is 18.8. The van der Waals surface area contributed by atoms with E-state index >= 15 is 0 Å². The lowest BCUT2D eigenvalue weighted by molar-refractivity contribution is -0.167. The predicted molar refractivity (Wildman–Crippen MR) is 284 cm³/mol. The van der Waals surface area contributed by atoms with Crippen LogP contribution >= 0.6 is 0 Å². The maximum Gasteiger partial charge on any atom is 0.306 e. The average Bonchev–Trinajstić information content (AvgIpc) is 3.31. The Morgan fingerprint density at radius 3 is 0.955 bits per heavy atom. The number of hydrogen-bond acceptors (Lipinski definition) is 6. The van der Waals surface area contributed by atoms with Gasteiger partial charge in [0.15, 0.2) is 6.10 Å². The fourth-order valence-corrected chi connectivity index (χ4v) is 8.02. The van der Waals surface area contributed by atoms with Crippen molar-refractivity contribution in [3.63, 3.8) is 0 Å². The van der Waals surface area contributed by atoms with Gasteiger partial charge in [0.2, 0.25) is 0 Å². The second-order valence-electron chi connectivity index (χ2n) is 18.8. The first kappa shape index (κ1) is 63.1. The minimum Gasteiger partial charge on any atom is -0.462 e. The van der Waals surface area contributed by atoms with Crippen molar-refractivity contribution in [1.29, 1.82) is 0 Å². The van der Waals surface area contributed by atoms with Crippen LogP contribution in [0.25, 0.3) is 0 Å². The third-order valence-electron chi connectivity index (χ3n) is 12.3. The van der Waals surface area contributed by atoms with Crippen LogP contribution in [-0.4, -0.2) is 37.2 Å². The monoisotopic (exact) mass is 923 g/mol. The number of carbonyl (C=O) groups excluding carboxylic acids is 3. The molecule has 1 unspecified atom stereocenters. The molecule has 6 nitrogen and oxygen atoms in total. The first-order valence-corrected chi connectivity index (χ1v) is 28.3. The highest BCUT2D eigenvalue weighted by molar-refractivity contribution is 5.71. The second-order valence-corrected chi connectivity index (χ2v) is 18.8. The molecule has 0 N–H and O–H groups in total. The number of allylic oxidation sites excluding steroid dienone is 10. The molecule has 0 saturated heterocycles. The molecule has 0 spiro atoms. The molecule has 382 valence electrons. The van der Waals surface area contributed by atoms with Crippen LogP contribution in [0, 0.1) is 0 Å². The van der Waals surface area contributed by atoms with E-state index in [0.717, 1.165) is 103 Å². The van der Waals surface area contributed by atoms with Gasteiger partial charge in [0, 0.05) is 19.3 Å². The molecular formula is C60H106O6. The van der Waals surface area contributed by atoms with Crippen molar-refractivity contribution in [2.75, 3.05) is 13.2 Å². The van der Waals surface area contributed by atoms with Gasteiger partial charge in [-0.05, 0) is 83.5 Å². The highest BCUT2D eigenvalue weighted by Crippen LogP contribution is 2.16. The van der Waals surface area contributed by atoms with Crippen LogP contribution in [0.5, 0.6) is 0 Å². The molecule has 0 rings (SSSR count). The van der Waals surface area contributed by atoms with Gasteiger partial charge in [-0.25, -0.2) is 0 Å². The summed E-state index contributed by atoms with van der Waals surface area (Å²) in [6.07, 6.45) is 67.8. The van der Waals surface area contributed by atoms with Gasteiger partial charge >= 0.3 is 17.9 Å². The molecule has 0 amide bonds. The zero-order chi connectivity index (χ0) is 47.9. The van der Waals surface area contributed by atoms with Crippen molar-refractivity contribution >= 4 is 17.9 Å². The molecule has 0 radical (unpaired) electrons. The molecule has 0 aliphatic rings. The summed E-state index contributed by atoms with van der Waals surface area (Å²) >= 11 is 0. The van der Waals surface area contributed by atoms with Crippen molar-refractivity contribution in [3.05, 3.63) is 60.8 Å². The van der Waals surface area contributed by atoms with Crippen molar-refractivity contribution in [2.24, 2.45) is 0 Å². The lowest BCUT2D eigenvalue weighted by atomic mass is 10.0. The highest BCUT2D eigenvalue weighted by atomic mass is 16.6. The molecule has 0 aromatic carbocycles. The first-order chi connectivity index (χ1) is 32.5. The van der Waals surface area contributed by atoms with E-state index in [1.54, 1.807) is 0 Å². The van der Waals surface area contributed by atoms with Gasteiger partial charge in [-0.3, -0.25) is 14.4 Å². The maximum absolute atomic E-state index is 12.8. The lowest BCUT2D eigenvalue weighted by Gasteiger charge is -2.18. The Balaban J connectivity index is 4.42. The van der Waals surface area contributed by atoms with Crippen LogP contribution in [0.4, 0.5) is 0 Å². The molecular weight excluding hydrogens is 817 g/mol. The zero-order valence-electron chi connectivity index (χ0n) is 43.7. The Hall–Kier alpha value is -2.89. The van der Waals surface area contributed by atoms with Crippen LogP contribution in [0.2, 0.25) is 0 Å². The summed E-state index contributed by atoms with van der Waals surface area (Å²) in [5, 5.41) is 0. The summed E-state index contributed by atoms with van der Waals surface area (Å²) in [5.74, 6) is -0.915. The summed E-state index contributed by atoms with van der Waals surface area (Å²) in [6, 6.07) is 0. The molecule has 0 fully saturated rings. The van der Waals surface area contributed by atoms with Gasteiger partial charge in [0.1, 0.15) is 13.2 Å².